The number of H-pyrrole nitrogens is 2. The molecule has 8 bridgehead atoms. The van der Waals surface area contributed by atoms with Crippen molar-refractivity contribution >= 4 is 45.9 Å². The highest BCUT2D eigenvalue weighted by Gasteiger charge is 2.34. The van der Waals surface area contributed by atoms with Gasteiger partial charge >= 0.3 is 6.18 Å². The molecule has 6 rings (SSSR count). The van der Waals surface area contributed by atoms with Crippen molar-refractivity contribution in [1.29, 1.82) is 0 Å². The minimum absolute atomic E-state index is 0.0868. The van der Waals surface area contributed by atoms with Crippen LogP contribution < -0.4 is 0 Å². The van der Waals surface area contributed by atoms with Crippen LogP contribution in [0, 0.1) is 0 Å². The molecule has 3 aromatic heterocycles. The van der Waals surface area contributed by atoms with E-state index in [4.69, 9.17) is 0 Å². The van der Waals surface area contributed by atoms with E-state index in [1.807, 2.05) is 54.6 Å². The van der Waals surface area contributed by atoms with Gasteiger partial charge in [-0.05, 0) is 78.4 Å². The number of aromatic nitrogens is 4. The van der Waals surface area contributed by atoms with Gasteiger partial charge in [0, 0.05) is 27.6 Å². The lowest BCUT2D eigenvalue weighted by molar-refractivity contribution is -0.137. The topological polar surface area (TPSA) is 57.4 Å². The molecule has 2 N–H and O–H groups in total. The number of benzene rings is 1. The molecule has 4 nitrogen and oxygen atoms in total. The molecular formula is C27H17F3N4. The Bertz CT molecular complexity index is 1650. The number of alkyl halides is 3. The average Bonchev–Trinajstić information content (AvgIpc) is 3.58. The number of nitrogens with one attached hydrogen (secondary N) is 2. The number of halogens is 3. The van der Waals surface area contributed by atoms with Crippen molar-refractivity contribution in [1.82, 2.24) is 19.9 Å². The summed E-state index contributed by atoms with van der Waals surface area (Å²) in [6, 6.07) is 20.8. The molecule has 1 aromatic carbocycles. The van der Waals surface area contributed by atoms with Crippen LogP contribution >= 0.6 is 0 Å². The van der Waals surface area contributed by atoms with Crippen LogP contribution in [0.4, 0.5) is 13.2 Å². The summed E-state index contributed by atoms with van der Waals surface area (Å²) in [4.78, 5) is 15.9. The van der Waals surface area contributed by atoms with Crippen molar-refractivity contribution in [3.05, 3.63) is 107 Å². The summed E-state index contributed by atoms with van der Waals surface area (Å²) in [6.07, 6.45) is 0.897. The van der Waals surface area contributed by atoms with Crippen molar-refractivity contribution < 1.29 is 13.2 Å². The molecule has 0 spiro atoms. The third kappa shape index (κ3) is 3.81. The predicted octanol–water partition coefficient (Wildman–Crippen LogP) is 7.09. The van der Waals surface area contributed by atoms with Crippen molar-refractivity contribution in [3.63, 3.8) is 0 Å². The van der Waals surface area contributed by atoms with Crippen LogP contribution in [0.1, 0.15) is 33.9 Å². The highest BCUT2D eigenvalue weighted by atomic mass is 19.4. The van der Waals surface area contributed by atoms with E-state index < -0.39 is 11.7 Å². The lowest BCUT2D eigenvalue weighted by atomic mass is 9.97. The fourth-order valence-electron chi connectivity index (χ4n) is 4.20. The van der Waals surface area contributed by atoms with Gasteiger partial charge in [-0.15, -0.1) is 0 Å². The monoisotopic (exact) mass is 454 g/mol. The van der Waals surface area contributed by atoms with Crippen molar-refractivity contribution in [2.45, 2.75) is 6.18 Å². The summed E-state index contributed by atoms with van der Waals surface area (Å²) in [5.74, 6) is 0. The number of aromatic amines is 2. The van der Waals surface area contributed by atoms with Gasteiger partial charge in [0.15, 0.2) is 0 Å². The predicted molar refractivity (Wildman–Crippen MR) is 128 cm³/mol. The minimum atomic E-state index is -4.48. The van der Waals surface area contributed by atoms with E-state index in [1.54, 1.807) is 18.2 Å². The highest BCUT2D eigenvalue weighted by molar-refractivity contribution is 5.94. The zero-order valence-corrected chi connectivity index (χ0v) is 17.7. The summed E-state index contributed by atoms with van der Waals surface area (Å²) in [7, 11) is 0. The van der Waals surface area contributed by atoms with Crippen LogP contribution in [0.5, 0.6) is 0 Å². The largest absolute Gasteiger partial charge is 0.417 e. The summed E-state index contributed by atoms with van der Waals surface area (Å²) < 4.78 is 41.3. The SMILES string of the molecule is FC(F)(F)c1ccccc1C1=Cc2cc3ccc(cc4ccc(cc5nc(cc1n2)C=C5)[nH]4)[nH]3. The number of rotatable bonds is 1. The molecular weight excluding hydrogens is 437 g/mol. The Balaban J connectivity index is 1.64. The summed E-state index contributed by atoms with van der Waals surface area (Å²) in [5, 5.41) is 0. The molecule has 0 aliphatic carbocycles. The van der Waals surface area contributed by atoms with E-state index in [9.17, 15) is 13.2 Å². The average molecular weight is 454 g/mol. The number of nitrogens with zero attached hydrogens (tertiary/aromatic N) is 2. The molecule has 7 heteroatoms. The first-order valence-corrected chi connectivity index (χ1v) is 10.7. The number of fused-ring (bicyclic) bond motifs is 8. The van der Waals surface area contributed by atoms with Gasteiger partial charge in [0.1, 0.15) is 0 Å². The van der Waals surface area contributed by atoms with Crippen LogP contribution in [0.15, 0.2) is 72.8 Å². The Morgan fingerprint density at radius 3 is 1.88 bits per heavy atom. The molecule has 34 heavy (non-hydrogen) atoms. The molecule has 0 atom stereocenters. The van der Waals surface area contributed by atoms with Gasteiger partial charge in [-0.3, -0.25) is 0 Å². The third-order valence-corrected chi connectivity index (χ3v) is 5.69. The Hall–Kier alpha value is -4.39. The van der Waals surface area contributed by atoms with Gasteiger partial charge in [0.25, 0.3) is 0 Å². The molecule has 0 saturated heterocycles. The second-order valence-electron chi connectivity index (χ2n) is 8.13. The van der Waals surface area contributed by atoms with Crippen LogP contribution in [0.25, 0.3) is 45.9 Å². The van der Waals surface area contributed by atoms with Crippen molar-refractivity contribution in [2.75, 3.05) is 0 Å². The Kier molecular flexibility index (Phi) is 4.52. The minimum Gasteiger partial charge on any atom is -0.355 e. The second kappa shape index (κ2) is 7.59. The van der Waals surface area contributed by atoms with Crippen molar-refractivity contribution in [3.8, 4) is 0 Å². The normalized spacial score (nSPS) is 13.2. The van der Waals surface area contributed by atoms with Gasteiger partial charge in [0.05, 0.1) is 28.3 Å². The van der Waals surface area contributed by atoms with E-state index in [1.165, 1.54) is 12.1 Å². The fourth-order valence-corrected chi connectivity index (χ4v) is 4.20. The van der Waals surface area contributed by atoms with E-state index in [0.717, 1.165) is 33.8 Å². The van der Waals surface area contributed by atoms with E-state index >= 15 is 0 Å². The number of hydrogen-bond donors (Lipinski definition) is 2. The second-order valence-corrected chi connectivity index (χ2v) is 8.13. The number of hydrogen-bond acceptors (Lipinski definition) is 2. The standard InChI is InChI=1S/C27H17F3N4/c28-27(29,30)25-4-2-1-3-23(25)24-14-22-13-20-8-7-18(32-20)11-16-5-6-17(31-16)12-19-9-10-21(33-19)15-26(24)34-22/h1-15,31-32H. The highest BCUT2D eigenvalue weighted by Crippen LogP contribution is 2.38. The maximum absolute atomic E-state index is 13.8. The molecule has 2 aliphatic rings. The molecule has 2 aliphatic heterocycles. The molecule has 0 fully saturated rings. The summed E-state index contributed by atoms with van der Waals surface area (Å²) in [5.41, 5.74) is 5.66. The van der Waals surface area contributed by atoms with Gasteiger partial charge in [-0.25, -0.2) is 9.97 Å². The van der Waals surface area contributed by atoms with Gasteiger partial charge in [-0.1, -0.05) is 18.2 Å². The van der Waals surface area contributed by atoms with Gasteiger partial charge < -0.3 is 9.97 Å². The fraction of sp³-hybridized carbons (Fsp3) is 0.0370. The molecule has 0 saturated carbocycles. The van der Waals surface area contributed by atoms with Crippen LogP contribution in [0.3, 0.4) is 0 Å². The molecule has 5 heterocycles. The maximum Gasteiger partial charge on any atom is 0.417 e. The Morgan fingerprint density at radius 2 is 1.21 bits per heavy atom. The van der Waals surface area contributed by atoms with Crippen LogP contribution in [-0.4, -0.2) is 19.9 Å². The Morgan fingerprint density at radius 1 is 0.618 bits per heavy atom. The first kappa shape index (κ1) is 20.2. The zero-order chi connectivity index (χ0) is 23.3. The first-order chi connectivity index (χ1) is 16.4. The summed E-state index contributed by atoms with van der Waals surface area (Å²) in [6.45, 7) is 0. The maximum atomic E-state index is 13.8. The molecule has 0 radical (unpaired) electrons. The summed E-state index contributed by atoms with van der Waals surface area (Å²) >= 11 is 0. The van der Waals surface area contributed by atoms with Gasteiger partial charge in [-0.2, -0.15) is 13.2 Å². The Labute approximate surface area is 192 Å². The van der Waals surface area contributed by atoms with E-state index in [2.05, 4.69) is 19.9 Å². The smallest absolute Gasteiger partial charge is 0.355 e. The lowest BCUT2D eigenvalue weighted by Crippen LogP contribution is -2.08. The quantitative estimate of drug-likeness (QED) is 0.279. The molecule has 0 amide bonds. The molecule has 0 unspecified atom stereocenters. The van der Waals surface area contributed by atoms with Crippen molar-refractivity contribution in [2.24, 2.45) is 0 Å². The first-order valence-electron chi connectivity index (χ1n) is 10.7. The van der Waals surface area contributed by atoms with E-state index in [0.29, 0.717) is 22.7 Å². The molecule has 4 aromatic rings. The van der Waals surface area contributed by atoms with Crippen LogP contribution in [-0.2, 0) is 6.18 Å². The van der Waals surface area contributed by atoms with E-state index in [-0.39, 0.29) is 5.56 Å². The van der Waals surface area contributed by atoms with Gasteiger partial charge in [0.2, 0.25) is 0 Å². The lowest BCUT2D eigenvalue weighted by Gasteiger charge is -2.13. The van der Waals surface area contributed by atoms with Crippen LogP contribution in [0.2, 0.25) is 0 Å². The molecule has 166 valence electrons. The third-order valence-electron chi connectivity index (χ3n) is 5.69. The zero-order valence-electron chi connectivity index (χ0n) is 17.7.